The van der Waals surface area contributed by atoms with Gasteiger partial charge in [-0.25, -0.2) is 9.36 Å². The van der Waals surface area contributed by atoms with Crippen molar-refractivity contribution in [1.82, 2.24) is 18.9 Å². The molecule has 0 aliphatic heterocycles. The maximum Gasteiger partial charge on any atom is 0.329 e. The smallest absolute Gasteiger partial charge is 0.329 e. The SMILES string of the molecule is CCN(CC)C(=O)C1(n2c(=O)[nH]c3ccc(C(=O)c4c(C)c(OC)c5ccccn45)cc3c2=O)CC1. The monoisotopic (exact) mass is 488 g/mol. The van der Waals surface area contributed by atoms with Gasteiger partial charge in [0.05, 0.1) is 23.5 Å². The Kier molecular flexibility index (Phi) is 5.58. The number of ether oxygens (including phenoxy) is 1. The first-order valence-electron chi connectivity index (χ1n) is 12.1. The number of fused-ring (bicyclic) bond motifs is 2. The lowest BCUT2D eigenvalue weighted by atomic mass is 10.0. The molecule has 0 unspecified atom stereocenters. The number of carbonyl (C=O) groups is 2. The minimum atomic E-state index is -1.17. The molecule has 9 heteroatoms. The van der Waals surface area contributed by atoms with Crippen LogP contribution in [0.2, 0.25) is 0 Å². The van der Waals surface area contributed by atoms with Crippen LogP contribution in [-0.2, 0) is 10.3 Å². The number of rotatable bonds is 7. The predicted octanol–water partition coefficient (Wildman–Crippen LogP) is 2.85. The quantitative estimate of drug-likeness (QED) is 0.403. The first kappa shape index (κ1) is 23.6. The molecular formula is C27H28N4O5. The molecule has 0 radical (unpaired) electrons. The summed E-state index contributed by atoms with van der Waals surface area (Å²) in [4.78, 5) is 57.9. The zero-order valence-electron chi connectivity index (χ0n) is 20.8. The molecule has 0 spiro atoms. The third-order valence-electron chi connectivity index (χ3n) is 7.21. The van der Waals surface area contributed by atoms with Crippen molar-refractivity contribution in [3.63, 3.8) is 0 Å². The highest BCUT2D eigenvalue weighted by molar-refractivity contribution is 6.11. The lowest BCUT2D eigenvalue weighted by Gasteiger charge is -2.25. The first-order chi connectivity index (χ1) is 17.3. The van der Waals surface area contributed by atoms with E-state index < -0.39 is 16.8 Å². The second kappa shape index (κ2) is 8.51. The van der Waals surface area contributed by atoms with Gasteiger partial charge in [0.25, 0.3) is 5.56 Å². The van der Waals surface area contributed by atoms with Crippen LogP contribution < -0.4 is 16.0 Å². The van der Waals surface area contributed by atoms with Gasteiger partial charge in [-0.3, -0.25) is 14.4 Å². The predicted molar refractivity (Wildman–Crippen MR) is 136 cm³/mol. The van der Waals surface area contributed by atoms with Crippen LogP contribution >= 0.6 is 0 Å². The molecule has 1 aliphatic carbocycles. The van der Waals surface area contributed by atoms with Crippen LogP contribution in [0.4, 0.5) is 0 Å². The summed E-state index contributed by atoms with van der Waals surface area (Å²) in [6, 6.07) is 10.2. The van der Waals surface area contributed by atoms with Gasteiger partial charge < -0.3 is 19.0 Å². The van der Waals surface area contributed by atoms with Gasteiger partial charge in [-0.1, -0.05) is 6.07 Å². The van der Waals surface area contributed by atoms with E-state index in [1.54, 1.807) is 34.7 Å². The van der Waals surface area contributed by atoms with E-state index in [-0.39, 0.29) is 17.1 Å². The van der Waals surface area contributed by atoms with Crippen molar-refractivity contribution in [2.75, 3.05) is 20.2 Å². The van der Waals surface area contributed by atoms with Crippen LogP contribution in [-0.4, -0.2) is 50.7 Å². The first-order valence-corrected chi connectivity index (χ1v) is 12.1. The molecule has 0 atom stereocenters. The number of carbonyl (C=O) groups excluding carboxylic acids is 2. The van der Waals surface area contributed by atoms with E-state index >= 15 is 0 Å². The molecule has 9 nitrogen and oxygen atoms in total. The number of amides is 1. The zero-order valence-corrected chi connectivity index (χ0v) is 20.8. The summed E-state index contributed by atoms with van der Waals surface area (Å²) in [5.74, 6) is 0.0995. The van der Waals surface area contributed by atoms with Gasteiger partial charge in [-0.2, -0.15) is 0 Å². The molecule has 186 valence electrons. The summed E-state index contributed by atoms with van der Waals surface area (Å²) in [6.45, 7) is 6.53. The molecule has 0 bridgehead atoms. The Bertz CT molecular complexity index is 1650. The van der Waals surface area contributed by atoms with Gasteiger partial charge in [0, 0.05) is 30.4 Å². The molecule has 3 heterocycles. The van der Waals surface area contributed by atoms with Gasteiger partial charge in [-0.05, 0) is 63.9 Å². The van der Waals surface area contributed by atoms with E-state index in [2.05, 4.69) is 4.98 Å². The van der Waals surface area contributed by atoms with Crippen molar-refractivity contribution in [2.45, 2.75) is 39.2 Å². The van der Waals surface area contributed by atoms with E-state index in [1.807, 2.05) is 39.0 Å². The van der Waals surface area contributed by atoms with Crippen LogP contribution in [0.3, 0.4) is 0 Å². The summed E-state index contributed by atoms with van der Waals surface area (Å²) in [5.41, 5.74) is 0.131. The zero-order chi connectivity index (χ0) is 25.8. The number of nitrogens with one attached hydrogen (secondary N) is 1. The topological polar surface area (TPSA) is 106 Å². The third kappa shape index (κ3) is 3.30. The Labute approximate surface area is 206 Å². The van der Waals surface area contributed by atoms with Crippen LogP contribution in [0, 0.1) is 6.92 Å². The highest BCUT2D eigenvalue weighted by Crippen LogP contribution is 2.43. The Balaban J connectivity index is 1.66. The van der Waals surface area contributed by atoms with Gasteiger partial charge in [0.1, 0.15) is 17.0 Å². The summed E-state index contributed by atoms with van der Waals surface area (Å²) in [5, 5.41) is 0.185. The van der Waals surface area contributed by atoms with Crippen molar-refractivity contribution in [2.24, 2.45) is 0 Å². The lowest BCUT2D eigenvalue weighted by molar-refractivity contribution is -0.136. The van der Waals surface area contributed by atoms with E-state index in [4.69, 9.17) is 4.74 Å². The molecule has 1 saturated carbocycles. The molecule has 1 fully saturated rings. The number of methoxy groups -OCH3 is 1. The van der Waals surface area contributed by atoms with E-state index in [9.17, 15) is 19.2 Å². The minimum absolute atomic E-state index is 0.185. The van der Waals surface area contributed by atoms with Crippen LogP contribution in [0.15, 0.2) is 52.2 Å². The number of nitrogens with zero attached hydrogens (tertiary/aromatic N) is 3. The van der Waals surface area contributed by atoms with Gasteiger partial charge >= 0.3 is 5.69 Å². The summed E-state index contributed by atoms with van der Waals surface area (Å²) < 4.78 is 8.36. The van der Waals surface area contributed by atoms with Crippen molar-refractivity contribution in [1.29, 1.82) is 0 Å². The standard InChI is InChI=1S/C27H28N4O5/c1-5-29(6-2)25(34)27(12-13-27)31-24(33)18-15-17(10-11-19(18)28-26(31)35)22(32)21-16(3)23(36-4)20-9-7-8-14-30(20)21/h7-11,14-15H,5-6,12-13H2,1-4H3,(H,28,35). The van der Waals surface area contributed by atoms with Gasteiger partial charge in [0.15, 0.2) is 0 Å². The van der Waals surface area contributed by atoms with Gasteiger partial charge in [0.2, 0.25) is 11.7 Å². The van der Waals surface area contributed by atoms with Crippen LogP contribution in [0.25, 0.3) is 16.4 Å². The number of H-pyrrole nitrogens is 1. The number of ketones is 1. The molecule has 5 rings (SSSR count). The third-order valence-corrected chi connectivity index (χ3v) is 7.21. The van der Waals surface area contributed by atoms with E-state index in [1.165, 1.54) is 6.07 Å². The summed E-state index contributed by atoms with van der Waals surface area (Å²) in [7, 11) is 1.56. The van der Waals surface area contributed by atoms with Crippen molar-refractivity contribution in [3.05, 3.63) is 80.3 Å². The van der Waals surface area contributed by atoms with Crippen molar-refractivity contribution < 1.29 is 14.3 Å². The largest absolute Gasteiger partial charge is 0.494 e. The molecule has 36 heavy (non-hydrogen) atoms. The Morgan fingerprint density at radius 3 is 2.47 bits per heavy atom. The molecule has 1 aromatic carbocycles. The normalized spacial score (nSPS) is 14.2. The fourth-order valence-corrected chi connectivity index (χ4v) is 5.18. The van der Waals surface area contributed by atoms with Gasteiger partial charge in [-0.15, -0.1) is 0 Å². The number of hydrogen-bond donors (Lipinski definition) is 1. The van der Waals surface area contributed by atoms with Crippen molar-refractivity contribution in [3.8, 4) is 5.75 Å². The number of aromatic amines is 1. The number of hydrogen-bond acceptors (Lipinski definition) is 5. The summed E-state index contributed by atoms with van der Waals surface area (Å²) >= 11 is 0. The second-order valence-corrected chi connectivity index (χ2v) is 9.13. The number of benzene rings is 1. The Morgan fingerprint density at radius 1 is 1.11 bits per heavy atom. The maximum absolute atomic E-state index is 13.7. The fourth-order valence-electron chi connectivity index (χ4n) is 5.18. The molecule has 0 saturated heterocycles. The average molecular weight is 489 g/mol. The molecule has 1 aliphatic rings. The van der Waals surface area contributed by atoms with Crippen molar-refractivity contribution >= 4 is 28.1 Å². The van der Waals surface area contributed by atoms with Crippen LogP contribution in [0.5, 0.6) is 5.75 Å². The maximum atomic E-state index is 13.7. The highest BCUT2D eigenvalue weighted by atomic mass is 16.5. The number of aromatic nitrogens is 3. The minimum Gasteiger partial charge on any atom is -0.494 e. The highest BCUT2D eigenvalue weighted by Gasteiger charge is 2.55. The van der Waals surface area contributed by atoms with Crippen LogP contribution in [0.1, 0.15) is 48.3 Å². The molecule has 3 aromatic heterocycles. The molecule has 4 aromatic rings. The summed E-state index contributed by atoms with van der Waals surface area (Å²) in [6.07, 6.45) is 2.63. The number of likely N-dealkylation sites (N-methyl/N-ethyl adjacent to an activating group) is 1. The Hall–Kier alpha value is -4.14. The van der Waals surface area contributed by atoms with E-state index in [0.29, 0.717) is 54.0 Å². The van der Waals surface area contributed by atoms with E-state index in [0.717, 1.165) is 10.1 Å². The molecule has 1 N–H and O–H groups in total. The average Bonchev–Trinajstić information content (AvgIpc) is 3.62. The second-order valence-electron chi connectivity index (χ2n) is 9.13. The fraction of sp³-hybridized carbons (Fsp3) is 0.333. The molecular weight excluding hydrogens is 460 g/mol. The molecule has 1 amide bonds. The lowest BCUT2D eigenvalue weighted by Crippen LogP contribution is -2.51. The number of pyridine rings is 1. The Morgan fingerprint density at radius 2 is 1.83 bits per heavy atom.